The Balaban J connectivity index is 1.35. The van der Waals surface area contributed by atoms with Gasteiger partial charge in [-0.05, 0) is 61.0 Å². The lowest BCUT2D eigenvalue weighted by atomic mass is 10.2. The molecule has 3 aromatic carbocycles. The van der Waals surface area contributed by atoms with Crippen molar-refractivity contribution >= 4 is 17.3 Å². The quantitative estimate of drug-likeness (QED) is 0.379. The number of anilines is 2. The summed E-state index contributed by atoms with van der Waals surface area (Å²) in [4.78, 5) is 12.2. The molecule has 32 heavy (non-hydrogen) atoms. The van der Waals surface area contributed by atoms with Gasteiger partial charge in [-0.3, -0.25) is 4.79 Å². The van der Waals surface area contributed by atoms with Crippen LogP contribution in [0.1, 0.15) is 12.5 Å². The molecule has 0 heterocycles. The Labute approximate surface area is 189 Å². The Morgan fingerprint density at radius 1 is 0.750 bits per heavy atom. The van der Waals surface area contributed by atoms with Crippen LogP contribution in [0.5, 0.6) is 11.5 Å². The van der Waals surface area contributed by atoms with Gasteiger partial charge >= 0.3 is 0 Å². The van der Waals surface area contributed by atoms with E-state index in [1.807, 2.05) is 73.7 Å². The molecular formula is C26H30N2O4. The second-order valence-corrected chi connectivity index (χ2v) is 7.08. The van der Waals surface area contributed by atoms with E-state index in [9.17, 15) is 4.79 Å². The van der Waals surface area contributed by atoms with Gasteiger partial charge in [0.15, 0.2) is 0 Å². The number of hydrogen-bond donors (Lipinski definition) is 2. The van der Waals surface area contributed by atoms with E-state index < -0.39 is 0 Å². The highest BCUT2D eigenvalue weighted by Crippen LogP contribution is 2.17. The molecule has 0 saturated carbocycles. The third-order valence-corrected chi connectivity index (χ3v) is 4.65. The third kappa shape index (κ3) is 8.32. The first kappa shape index (κ1) is 23.2. The van der Waals surface area contributed by atoms with Gasteiger partial charge in [0.05, 0.1) is 19.8 Å². The monoisotopic (exact) mass is 434 g/mol. The maximum Gasteiger partial charge on any atom is 0.243 e. The summed E-state index contributed by atoms with van der Waals surface area (Å²) in [5.41, 5.74) is 2.82. The van der Waals surface area contributed by atoms with Crippen molar-refractivity contribution in [3.8, 4) is 11.5 Å². The van der Waals surface area contributed by atoms with Gasteiger partial charge < -0.3 is 24.8 Å². The minimum absolute atomic E-state index is 0.125. The summed E-state index contributed by atoms with van der Waals surface area (Å²) >= 11 is 0. The molecule has 2 N–H and O–H groups in total. The topological polar surface area (TPSA) is 68.8 Å². The van der Waals surface area contributed by atoms with Crippen LogP contribution in [-0.4, -0.2) is 38.9 Å². The largest absolute Gasteiger partial charge is 0.493 e. The van der Waals surface area contributed by atoms with E-state index in [0.717, 1.165) is 29.3 Å². The van der Waals surface area contributed by atoms with Crippen LogP contribution in [0.25, 0.3) is 0 Å². The lowest BCUT2D eigenvalue weighted by Gasteiger charge is -2.10. The highest BCUT2D eigenvalue weighted by molar-refractivity contribution is 5.93. The van der Waals surface area contributed by atoms with Gasteiger partial charge in [-0.25, -0.2) is 0 Å². The first-order valence-electron chi connectivity index (χ1n) is 10.8. The Hall–Kier alpha value is -3.51. The van der Waals surface area contributed by atoms with E-state index in [-0.39, 0.29) is 12.5 Å². The lowest BCUT2D eigenvalue weighted by molar-refractivity contribution is -0.114. The summed E-state index contributed by atoms with van der Waals surface area (Å²) < 4.78 is 16.6. The first-order chi connectivity index (χ1) is 15.7. The molecule has 0 unspecified atom stereocenters. The third-order valence-electron chi connectivity index (χ3n) is 4.65. The van der Waals surface area contributed by atoms with Crippen LogP contribution in [0.3, 0.4) is 0 Å². The number of nitrogens with one attached hydrogen (secondary N) is 2. The van der Waals surface area contributed by atoms with E-state index in [4.69, 9.17) is 14.2 Å². The van der Waals surface area contributed by atoms with E-state index in [1.165, 1.54) is 5.56 Å². The standard InChI is InChI=1S/C26H30N2O4/c1-2-30-18-19-32-25-12-8-22(9-13-25)27-20-26(29)28-23-10-14-24(15-11-23)31-17-16-21-6-4-3-5-7-21/h3-15,27H,2,16-20H2,1H3,(H,28,29). The van der Waals surface area contributed by atoms with Gasteiger partial charge in [0.1, 0.15) is 18.1 Å². The number of ether oxygens (including phenoxy) is 3. The average Bonchev–Trinajstić information content (AvgIpc) is 2.83. The zero-order valence-corrected chi connectivity index (χ0v) is 18.4. The van der Waals surface area contributed by atoms with Crippen molar-refractivity contribution in [2.24, 2.45) is 0 Å². The second-order valence-electron chi connectivity index (χ2n) is 7.08. The zero-order valence-electron chi connectivity index (χ0n) is 18.4. The molecule has 0 fully saturated rings. The highest BCUT2D eigenvalue weighted by atomic mass is 16.5. The zero-order chi connectivity index (χ0) is 22.4. The average molecular weight is 435 g/mol. The smallest absolute Gasteiger partial charge is 0.243 e. The van der Waals surface area contributed by atoms with E-state index in [1.54, 1.807) is 0 Å². The molecule has 0 aliphatic heterocycles. The van der Waals surface area contributed by atoms with Gasteiger partial charge in [0.2, 0.25) is 5.91 Å². The minimum atomic E-state index is -0.125. The van der Waals surface area contributed by atoms with Crippen LogP contribution in [-0.2, 0) is 16.0 Å². The molecule has 0 aliphatic carbocycles. The fourth-order valence-corrected chi connectivity index (χ4v) is 2.99. The Bertz CT molecular complexity index is 928. The van der Waals surface area contributed by atoms with Crippen molar-refractivity contribution in [3.05, 3.63) is 84.4 Å². The van der Waals surface area contributed by atoms with Crippen LogP contribution < -0.4 is 20.1 Å². The lowest BCUT2D eigenvalue weighted by Crippen LogP contribution is -2.21. The summed E-state index contributed by atoms with van der Waals surface area (Å²) in [6.07, 6.45) is 0.853. The summed E-state index contributed by atoms with van der Waals surface area (Å²) in [7, 11) is 0. The summed E-state index contributed by atoms with van der Waals surface area (Å²) in [6, 6.07) is 25.1. The number of benzene rings is 3. The number of carbonyl (C=O) groups is 1. The highest BCUT2D eigenvalue weighted by Gasteiger charge is 2.04. The number of rotatable bonds is 13. The van der Waals surface area contributed by atoms with Crippen molar-refractivity contribution in [1.82, 2.24) is 0 Å². The van der Waals surface area contributed by atoms with Gasteiger partial charge in [-0.2, -0.15) is 0 Å². The summed E-state index contributed by atoms with van der Waals surface area (Å²) in [6.45, 7) is 4.49. The Morgan fingerprint density at radius 3 is 2.03 bits per heavy atom. The SMILES string of the molecule is CCOCCOc1ccc(NCC(=O)Nc2ccc(OCCc3ccccc3)cc2)cc1. The van der Waals surface area contributed by atoms with Crippen LogP contribution in [0, 0.1) is 0 Å². The molecule has 0 atom stereocenters. The Morgan fingerprint density at radius 2 is 1.38 bits per heavy atom. The van der Waals surface area contributed by atoms with Crippen LogP contribution in [0.2, 0.25) is 0 Å². The predicted molar refractivity (Wildman–Crippen MR) is 128 cm³/mol. The van der Waals surface area contributed by atoms with Gasteiger partial charge in [0.25, 0.3) is 0 Å². The predicted octanol–water partition coefficient (Wildman–Crippen LogP) is 4.77. The van der Waals surface area contributed by atoms with Gasteiger partial charge in [-0.15, -0.1) is 0 Å². The number of hydrogen-bond acceptors (Lipinski definition) is 5. The molecule has 0 radical (unpaired) electrons. The van der Waals surface area contributed by atoms with Gasteiger partial charge in [-0.1, -0.05) is 30.3 Å². The molecule has 0 spiro atoms. The van der Waals surface area contributed by atoms with Crippen LogP contribution >= 0.6 is 0 Å². The second kappa shape index (κ2) is 13.0. The summed E-state index contributed by atoms with van der Waals surface area (Å²) in [5, 5.41) is 5.98. The van der Waals surface area contributed by atoms with Crippen LogP contribution in [0.4, 0.5) is 11.4 Å². The van der Waals surface area contributed by atoms with E-state index in [0.29, 0.717) is 26.4 Å². The molecule has 0 aliphatic rings. The molecular weight excluding hydrogens is 404 g/mol. The maximum atomic E-state index is 12.2. The van der Waals surface area contributed by atoms with Gasteiger partial charge in [0, 0.05) is 24.4 Å². The van der Waals surface area contributed by atoms with Crippen molar-refractivity contribution in [2.45, 2.75) is 13.3 Å². The molecule has 6 nitrogen and oxygen atoms in total. The fraction of sp³-hybridized carbons (Fsp3) is 0.269. The number of amides is 1. The fourth-order valence-electron chi connectivity index (χ4n) is 2.99. The van der Waals surface area contributed by atoms with Crippen molar-refractivity contribution in [3.63, 3.8) is 0 Å². The number of carbonyl (C=O) groups excluding carboxylic acids is 1. The van der Waals surface area contributed by atoms with E-state index >= 15 is 0 Å². The minimum Gasteiger partial charge on any atom is -0.493 e. The molecule has 168 valence electrons. The molecule has 0 saturated heterocycles. The molecule has 3 aromatic rings. The van der Waals surface area contributed by atoms with Crippen molar-refractivity contribution < 1.29 is 19.0 Å². The Kier molecular flexibility index (Phi) is 9.42. The van der Waals surface area contributed by atoms with E-state index in [2.05, 4.69) is 22.8 Å². The van der Waals surface area contributed by atoms with Crippen molar-refractivity contribution in [2.75, 3.05) is 43.6 Å². The molecule has 0 aromatic heterocycles. The van der Waals surface area contributed by atoms with Crippen LogP contribution in [0.15, 0.2) is 78.9 Å². The molecule has 1 amide bonds. The molecule has 3 rings (SSSR count). The van der Waals surface area contributed by atoms with Crippen molar-refractivity contribution in [1.29, 1.82) is 0 Å². The maximum absolute atomic E-state index is 12.2. The molecule has 0 bridgehead atoms. The summed E-state index contributed by atoms with van der Waals surface area (Å²) in [5.74, 6) is 1.42. The molecule has 6 heteroatoms. The normalized spacial score (nSPS) is 10.4. The first-order valence-corrected chi connectivity index (χ1v) is 10.8.